The Kier molecular flexibility index (Phi) is 9.11. The van der Waals surface area contributed by atoms with E-state index in [-0.39, 0.29) is 0 Å². The van der Waals surface area contributed by atoms with Gasteiger partial charge in [-0.2, -0.15) is 0 Å². The SMILES string of the molecule is c1ccc(C2(c3ccccc3)c3ccccc3-c3c(-c4ccc(N(c5ccc(-c6cccc7ccccc67)cc5)c5ccccc5-c5ccc6c(c5)oc5ccccc56)cc4)cccc32)cc1. The number of anilines is 3. The topological polar surface area (TPSA) is 16.4 Å². The number of nitrogens with zero attached hydrogens (tertiary/aromatic N) is 1. The largest absolute Gasteiger partial charge is 0.456 e. The van der Waals surface area contributed by atoms with E-state index >= 15 is 0 Å². The minimum Gasteiger partial charge on any atom is -0.456 e. The lowest BCUT2D eigenvalue weighted by molar-refractivity contribution is 0.669. The first-order chi connectivity index (χ1) is 33.2. The third-order valence-corrected chi connectivity index (χ3v) is 14.0. The summed E-state index contributed by atoms with van der Waals surface area (Å²) >= 11 is 0. The van der Waals surface area contributed by atoms with Gasteiger partial charge in [-0.15, -0.1) is 0 Å². The Morgan fingerprint density at radius 1 is 0.313 bits per heavy atom. The van der Waals surface area contributed by atoms with E-state index in [0.717, 1.165) is 50.1 Å². The highest BCUT2D eigenvalue weighted by molar-refractivity contribution is 6.06. The molecule has 0 atom stereocenters. The maximum atomic E-state index is 6.43. The number of benzene rings is 11. The first-order valence-corrected chi connectivity index (χ1v) is 23.1. The summed E-state index contributed by atoms with van der Waals surface area (Å²) in [7, 11) is 0. The molecule has 2 heteroatoms. The Morgan fingerprint density at radius 2 is 0.821 bits per heavy atom. The van der Waals surface area contributed by atoms with Crippen LogP contribution in [0.25, 0.3) is 77.2 Å². The van der Waals surface area contributed by atoms with Gasteiger partial charge in [0.1, 0.15) is 11.2 Å². The van der Waals surface area contributed by atoms with Crippen molar-refractivity contribution in [2.24, 2.45) is 0 Å². The normalized spacial score (nSPS) is 12.6. The van der Waals surface area contributed by atoms with Crippen molar-refractivity contribution >= 4 is 49.8 Å². The monoisotopic (exact) mass is 853 g/mol. The van der Waals surface area contributed by atoms with E-state index in [4.69, 9.17) is 4.42 Å². The molecule has 67 heavy (non-hydrogen) atoms. The molecule has 1 heterocycles. The Balaban J connectivity index is 0.965. The van der Waals surface area contributed by atoms with Crippen molar-refractivity contribution in [2.75, 3.05) is 4.90 Å². The standard InChI is InChI=1S/C65H43NO/c1-3-19-48(20-4-1)65(49-21-5-2-6-22-49)59-29-12-9-26-58(59)64-55(28-16-30-60(64)65)46-35-40-51(41-36-46)66(50-38-33-45(34-39-50)53-27-15-18-44-17-7-8-23-52(44)53)61-31-13-10-24-54(61)47-37-42-57-56-25-11-14-32-62(56)67-63(57)43-47/h1-43H. The molecule has 0 saturated heterocycles. The van der Waals surface area contributed by atoms with Gasteiger partial charge in [0.25, 0.3) is 0 Å². The second-order valence-corrected chi connectivity index (χ2v) is 17.5. The van der Waals surface area contributed by atoms with Gasteiger partial charge in [0.15, 0.2) is 0 Å². The van der Waals surface area contributed by atoms with Crippen molar-refractivity contribution in [1.29, 1.82) is 0 Å². The number of fused-ring (bicyclic) bond motifs is 7. The second-order valence-electron chi connectivity index (χ2n) is 17.5. The van der Waals surface area contributed by atoms with Gasteiger partial charge in [-0.05, 0) is 121 Å². The molecule has 0 saturated carbocycles. The molecule has 2 nitrogen and oxygen atoms in total. The molecule has 12 aromatic rings. The summed E-state index contributed by atoms with van der Waals surface area (Å²) in [5.41, 5.74) is 19.2. The van der Waals surface area contributed by atoms with E-state index in [2.05, 4.69) is 254 Å². The van der Waals surface area contributed by atoms with Crippen molar-refractivity contribution in [3.8, 4) is 44.5 Å². The summed E-state index contributed by atoms with van der Waals surface area (Å²) in [6.07, 6.45) is 0. The van der Waals surface area contributed by atoms with Crippen molar-refractivity contribution in [3.05, 3.63) is 283 Å². The Labute approximate surface area is 390 Å². The van der Waals surface area contributed by atoms with Crippen molar-refractivity contribution in [1.82, 2.24) is 0 Å². The van der Waals surface area contributed by atoms with Crippen molar-refractivity contribution in [2.45, 2.75) is 5.41 Å². The fourth-order valence-corrected chi connectivity index (χ4v) is 11.0. The Morgan fingerprint density at radius 3 is 1.57 bits per heavy atom. The van der Waals surface area contributed by atoms with Crippen LogP contribution in [0.4, 0.5) is 17.1 Å². The number of hydrogen-bond donors (Lipinski definition) is 0. The molecule has 0 aliphatic heterocycles. The van der Waals surface area contributed by atoms with Crippen LogP contribution < -0.4 is 4.90 Å². The molecular weight excluding hydrogens is 811 g/mol. The minimum atomic E-state index is -0.464. The zero-order valence-corrected chi connectivity index (χ0v) is 36.7. The van der Waals surface area contributed by atoms with E-state index in [1.165, 1.54) is 66.4 Å². The number of furan rings is 1. The van der Waals surface area contributed by atoms with E-state index in [1.54, 1.807) is 0 Å². The van der Waals surface area contributed by atoms with Crippen molar-refractivity contribution in [3.63, 3.8) is 0 Å². The van der Waals surface area contributed by atoms with Crippen LogP contribution in [0.3, 0.4) is 0 Å². The van der Waals surface area contributed by atoms with Crippen LogP contribution in [0.2, 0.25) is 0 Å². The predicted molar refractivity (Wildman–Crippen MR) is 280 cm³/mol. The van der Waals surface area contributed by atoms with Gasteiger partial charge in [0, 0.05) is 27.7 Å². The van der Waals surface area contributed by atoms with Crippen LogP contribution in [-0.2, 0) is 5.41 Å². The molecular formula is C65H43NO. The minimum absolute atomic E-state index is 0.464. The van der Waals surface area contributed by atoms with Gasteiger partial charge >= 0.3 is 0 Å². The van der Waals surface area contributed by atoms with Gasteiger partial charge < -0.3 is 9.32 Å². The zero-order chi connectivity index (χ0) is 44.3. The van der Waals surface area contributed by atoms with Gasteiger partial charge in [0.2, 0.25) is 0 Å². The first kappa shape index (κ1) is 38.7. The summed E-state index contributed by atoms with van der Waals surface area (Å²) in [5, 5.41) is 4.73. The van der Waals surface area contributed by atoms with Crippen LogP contribution in [0, 0.1) is 0 Å². The summed E-state index contributed by atoms with van der Waals surface area (Å²) in [4.78, 5) is 2.40. The van der Waals surface area contributed by atoms with Gasteiger partial charge in [-0.3, -0.25) is 0 Å². The van der Waals surface area contributed by atoms with E-state index in [1.807, 2.05) is 12.1 Å². The molecule has 0 unspecified atom stereocenters. The number of para-hydroxylation sites is 2. The lowest BCUT2D eigenvalue weighted by atomic mass is 9.67. The summed E-state index contributed by atoms with van der Waals surface area (Å²) in [6.45, 7) is 0. The van der Waals surface area contributed by atoms with Crippen LogP contribution >= 0.6 is 0 Å². The molecule has 0 N–H and O–H groups in total. The van der Waals surface area contributed by atoms with Crippen molar-refractivity contribution < 1.29 is 4.42 Å². The third kappa shape index (κ3) is 6.18. The molecule has 13 rings (SSSR count). The van der Waals surface area contributed by atoms with E-state index in [9.17, 15) is 0 Å². The predicted octanol–water partition coefficient (Wildman–Crippen LogP) is 17.6. The van der Waals surface area contributed by atoms with Gasteiger partial charge in [0.05, 0.1) is 11.1 Å². The van der Waals surface area contributed by atoms with Crippen LogP contribution in [0.5, 0.6) is 0 Å². The zero-order valence-electron chi connectivity index (χ0n) is 36.7. The molecule has 0 fully saturated rings. The van der Waals surface area contributed by atoms with Gasteiger partial charge in [-0.1, -0.05) is 212 Å². The molecule has 1 aliphatic carbocycles. The highest BCUT2D eigenvalue weighted by Gasteiger charge is 2.46. The Bertz CT molecular complexity index is 3750. The molecule has 11 aromatic carbocycles. The smallest absolute Gasteiger partial charge is 0.136 e. The van der Waals surface area contributed by atoms with Crippen LogP contribution in [0.1, 0.15) is 22.3 Å². The fourth-order valence-electron chi connectivity index (χ4n) is 11.0. The average molecular weight is 854 g/mol. The molecule has 314 valence electrons. The lowest BCUT2D eigenvalue weighted by Crippen LogP contribution is -2.28. The highest BCUT2D eigenvalue weighted by Crippen LogP contribution is 2.58. The second kappa shape index (κ2) is 15.8. The Hall–Kier alpha value is -8.72. The highest BCUT2D eigenvalue weighted by atomic mass is 16.3. The fraction of sp³-hybridized carbons (Fsp3) is 0.0154. The maximum absolute atomic E-state index is 6.43. The van der Waals surface area contributed by atoms with E-state index < -0.39 is 5.41 Å². The molecule has 1 aliphatic rings. The van der Waals surface area contributed by atoms with Crippen LogP contribution in [-0.4, -0.2) is 0 Å². The van der Waals surface area contributed by atoms with Gasteiger partial charge in [-0.25, -0.2) is 0 Å². The molecule has 0 spiro atoms. The summed E-state index contributed by atoms with van der Waals surface area (Å²) < 4.78 is 6.43. The number of hydrogen-bond acceptors (Lipinski definition) is 2. The maximum Gasteiger partial charge on any atom is 0.136 e. The third-order valence-electron chi connectivity index (χ3n) is 14.0. The lowest BCUT2D eigenvalue weighted by Gasteiger charge is -2.34. The molecule has 0 amide bonds. The summed E-state index contributed by atoms with van der Waals surface area (Å²) in [5.74, 6) is 0. The number of rotatable bonds is 8. The molecule has 1 aromatic heterocycles. The molecule has 0 bridgehead atoms. The summed E-state index contributed by atoms with van der Waals surface area (Å²) in [6, 6.07) is 95.0. The molecule has 0 radical (unpaired) electrons. The first-order valence-electron chi connectivity index (χ1n) is 23.1. The van der Waals surface area contributed by atoms with Crippen LogP contribution in [0.15, 0.2) is 265 Å². The average Bonchev–Trinajstić information content (AvgIpc) is 3.93. The van der Waals surface area contributed by atoms with E-state index in [0.29, 0.717) is 0 Å². The quantitative estimate of drug-likeness (QED) is 0.151.